The number of hydrogen-bond donors (Lipinski definition) is 1. The highest BCUT2D eigenvalue weighted by atomic mass is 35.5. The Kier molecular flexibility index (Phi) is 3.15. The highest BCUT2D eigenvalue weighted by molar-refractivity contribution is 6.32. The normalized spacial score (nSPS) is 10.3. The summed E-state index contributed by atoms with van der Waals surface area (Å²) in [6.45, 7) is 1.77. The smallest absolute Gasteiger partial charge is 0.219 e. The summed E-state index contributed by atoms with van der Waals surface area (Å²) < 4.78 is 18.3. The number of nitrogens with zero attached hydrogens (tertiary/aromatic N) is 1. The van der Waals surface area contributed by atoms with Crippen LogP contribution in [0.25, 0.3) is 0 Å². The van der Waals surface area contributed by atoms with Crippen molar-refractivity contribution >= 4 is 17.3 Å². The molecule has 0 spiro atoms. The number of ether oxygens (including phenoxy) is 1. The first-order chi connectivity index (χ1) is 8.06. The minimum absolute atomic E-state index is 0.196. The fourth-order valence-corrected chi connectivity index (χ4v) is 1.48. The van der Waals surface area contributed by atoms with Crippen LogP contribution in [0.1, 0.15) is 5.69 Å². The molecule has 0 saturated carbocycles. The molecule has 2 rings (SSSR count). The second-order valence-electron chi connectivity index (χ2n) is 3.50. The summed E-state index contributed by atoms with van der Waals surface area (Å²) in [5, 5.41) is 0.196. The predicted octanol–water partition coefficient (Wildman–Crippen LogP) is 3.56. The van der Waals surface area contributed by atoms with Crippen molar-refractivity contribution in [2.45, 2.75) is 6.92 Å². The van der Waals surface area contributed by atoms with E-state index in [4.69, 9.17) is 22.1 Å². The van der Waals surface area contributed by atoms with E-state index in [1.807, 2.05) is 0 Å². The van der Waals surface area contributed by atoms with Gasteiger partial charge in [-0.15, -0.1) is 0 Å². The van der Waals surface area contributed by atoms with Crippen LogP contribution in [0, 0.1) is 12.7 Å². The van der Waals surface area contributed by atoms with Crippen LogP contribution in [0.4, 0.5) is 10.1 Å². The lowest BCUT2D eigenvalue weighted by molar-refractivity contribution is 0.460. The molecule has 0 radical (unpaired) electrons. The monoisotopic (exact) mass is 252 g/mol. The van der Waals surface area contributed by atoms with Gasteiger partial charge in [-0.2, -0.15) is 0 Å². The Morgan fingerprint density at radius 1 is 1.29 bits per heavy atom. The molecule has 88 valence electrons. The van der Waals surface area contributed by atoms with Crippen LogP contribution in [-0.2, 0) is 0 Å². The van der Waals surface area contributed by atoms with Crippen LogP contribution in [0.3, 0.4) is 0 Å². The van der Waals surface area contributed by atoms with Gasteiger partial charge in [0.15, 0.2) is 0 Å². The van der Waals surface area contributed by atoms with Crippen molar-refractivity contribution in [3.05, 3.63) is 46.9 Å². The van der Waals surface area contributed by atoms with E-state index in [1.54, 1.807) is 19.1 Å². The van der Waals surface area contributed by atoms with Crippen molar-refractivity contribution in [1.29, 1.82) is 0 Å². The maximum Gasteiger partial charge on any atom is 0.219 e. The van der Waals surface area contributed by atoms with Crippen LogP contribution < -0.4 is 10.5 Å². The third-order valence-electron chi connectivity index (χ3n) is 2.21. The zero-order valence-corrected chi connectivity index (χ0v) is 9.83. The summed E-state index contributed by atoms with van der Waals surface area (Å²) in [6, 6.07) is 7.22. The van der Waals surface area contributed by atoms with E-state index in [9.17, 15) is 4.39 Å². The lowest BCUT2D eigenvalue weighted by Crippen LogP contribution is -1.95. The lowest BCUT2D eigenvalue weighted by atomic mass is 10.3. The fraction of sp³-hybridized carbons (Fsp3) is 0.0833. The Hall–Kier alpha value is -1.81. The first-order valence-electron chi connectivity index (χ1n) is 4.92. The molecule has 0 saturated heterocycles. The van der Waals surface area contributed by atoms with E-state index in [0.717, 1.165) is 0 Å². The molecule has 1 heterocycles. The maximum absolute atomic E-state index is 12.8. The van der Waals surface area contributed by atoms with Crippen molar-refractivity contribution in [3.63, 3.8) is 0 Å². The first kappa shape index (κ1) is 11.7. The van der Waals surface area contributed by atoms with Crippen molar-refractivity contribution in [2.24, 2.45) is 0 Å². The molecule has 1 aromatic heterocycles. The molecule has 0 aliphatic rings. The molecule has 0 amide bonds. The third kappa shape index (κ3) is 2.65. The molecule has 0 atom stereocenters. The number of pyridine rings is 1. The summed E-state index contributed by atoms with van der Waals surface area (Å²) >= 11 is 5.83. The average molecular weight is 253 g/mol. The van der Waals surface area contributed by atoms with E-state index >= 15 is 0 Å². The number of aromatic nitrogens is 1. The van der Waals surface area contributed by atoms with Gasteiger partial charge in [-0.1, -0.05) is 11.6 Å². The fourth-order valence-electron chi connectivity index (χ4n) is 1.28. The summed E-state index contributed by atoms with van der Waals surface area (Å²) in [5.74, 6) is 0.304. The van der Waals surface area contributed by atoms with Gasteiger partial charge in [0.1, 0.15) is 11.6 Å². The SMILES string of the molecule is Cc1nc(Oc2ccc(F)cc2Cl)ccc1N. The topological polar surface area (TPSA) is 48.1 Å². The van der Waals surface area contributed by atoms with E-state index in [2.05, 4.69) is 4.98 Å². The minimum atomic E-state index is -0.413. The van der Waals surface area contributed by atoms with Gasteiger partial charge in [0.05, 0.1) is 16.4 Å². The quantitative estimate of drug-likeness (QED) is 0.889. The van der Waals surface area contributed by atoms with Crippen molar-refractivity contribution in [1.82, 2.24) is 4.98 Å². The average Bonchev–Trinajstić information content (AvgIpc) is 2.27. The number of rotatable bonds is 2. The van der Waals surface area contributed by atoms with Gasteiger partial charge in [0.25, 0.3) is 0 Å². The molecular formula is C12H10ClFN2O. The molecule has 0 aliphatic carbocycles. The number of nitrogen functional groups attached to an aromatic ring is 1. The van der Waals surface area contributed by atoms with Gasteiger partial charge in [-0.05, 0) is 31.2 Å². The molecule has 0 aliphatic heterocycles. The van der Waals surface area contributed by atoms with E-state index in [-0.39, 0.29) is 5.02 Å². The highest BCUT2D eigenvalue weighted by Gasteiger charge is 2.06. The molecule has 17 heavy (non-hydrogen) atoms. The molecule has 1 aromatic carbocycles. The zero-order chi connectivity index (χ0) is 12.4. The Morgan fingerprint density at radius 3 is 2.71 bits per heavy atom. The predicted molar refractivity (Wildman–Crippen MR) is 64.9 cm³/mol. The number of hydrogen-bond acceptors (Lipinski definition) is 3. The molecule has 5 heteroatoms. The van der Waals surface area contributed by atoms with Gasteiger partial charge < -0.3 is 10.5 Å². The second kappa shape index (κ2) is 4.59. The first-order valence-corrected chi connectivity index (χ1v) is 5.30. The zero-order valence-electron chi connectivity index (χ0n) is 9.08. The molecule has 2 N–H and O–H groups in total. The summed E-state index contributed by atoms with van der Waals surface area (Å²) in [7, 11) is 0. The molecule has 2 aromatic rings. The van der Waals surface area contributed by atoms with Gasteiger partial charge in [-0.3, -0.25) is 0 Å². The summed E-state index contributed by atoms with van der Waals surface area (Å²) in [5.41, 5.74) is 6.89. The van der Waals surface area contributed by atoms with Crippen molar-refractivity contribution < 1.29 is 9.13 Å². The van der Waals surface area contributed by atoms with Crippen LogP contribution in [0.2, 0.25) is 5.02 Å². The largest absolute Gasteiger partial charge is 0.437 e. The molecule has 3 nitrogen and oxygen atoms in total. The van der Waals surface area contributed by atoms with Gasteiger partial charge in [0.2, 0.25) is 5.88 Å². The Bertz CT molecular complexity index is 560. The minimum Gasteiger partial charge on any atom is -0.437 e. The maximum atomic E-state index is 12.8. The third-order valence-corrected chi connectivity index (χ3v) is 2.50. The highest BCUT2D eigenvalue weighted by Crippen LogP contribution is 2.29. The number of aryl methyl sites for hydroxylation is 1. The van der Waals surface area contributed by atoms with Crippen LogP contribution in [0.15, 0.2) is 30.3 Å². The van der Waals surface area contributed by atoms with E-state index in [1.165, 1.54) is 18.2 Å². The number of halogens is 2. The Labute approximate surface area is 103 Å². The van der Waals surface area contributed by atoms with Gasteiger partial charge in [-0.25, -0.2) is 9.37 Å². The van der Waals surface area contributed by atoms with E-state index < -0.39 is 5.82 Å². The summed E-state index contributed by atoms with van der Waals surface area (Å²) in [6.07, 6.45) is 0. The van der Waals surface area contributed by atoms with Gasteiger partial charge in [0, 0.05) is 6.07 Å². The lowest BCUT2D eigenvalue weighted by Gasteiger charge is -2.08. The van der Waals surface area contributed by atoms with Crippen LogP contribution in [0.5, 0.6) is 11.6 Å². The molecule has 0 fully saturated rings. The summed E-state index contributed by atoms with van der Waals surface area (Å²) in [4.78, 5) is 4.13. The molecular weight excluding hydrogens is 243 g/mol. The molecule has 0 unspecified atom stereocenters. The Balaban J connectivity index is 2.28. The molecule has 0 bridgehead atoms. The van der Waals surface area contributed by atoms with Crippen LogP contribution >= 0.6 is 11.6 Å². The van der Waals surface area contributed by atoms with Gasteiger partial charge >= 0.3 is 0 Å². The standard InChI is InChI=1S/C12H10ClFN2O/c1-7-10(15)3-5-12(16-7)17-11-4-2-8(14)6-9(11)13/h2-6H,15H2,1H3. The van der Waals surface area contributed by atoms with Crippen LogP contribution in [-0.4, -0.2) is 4.98 Å². The second-order valence-corrected chi connectivity index (χ2v) is 3.91. The van der Waals surface area contributed by atoms with Crippen molar-refractivity contribution in [3.8, 4) is 11.6 Å². The number of nitrogens with two attached hydrogens (primary N) is 1. The van der Waals surface area contributed by atoms with E-state index in [0.29, 0.717) is 23.0 Å². The number of anilines is 1. The van der Waals surface area contributed by atoms with Crippen molar-refractivity contribution in [2.75, 3.05) is 5.73 Å². The number of benzene rings is 1. The Morgan fingerprint density at radius 2 is 2.06 bits per heavy atom.